The van der Waals surface area contributed by atoms with Gasteiger partial charge in [-0.1, -0.05) is 6.92 Å². The molecule has 2 rings (SSSR count). The van der Waals surface area contributed by atoms with Gasteiger partial charge >= 0.3 is 11.7 Å². The highest BCUT2D eigenvalue weighted by Gasteiger charge is 2.12. The number of aromatic amines is 1. The second-order valence-corrected chi connectivity index (χ2v) is 5.36. The molecular formula is C13H15N3O3S. The Balaban J connectivity index is 2.31. The zero-order valence-electron chi connectivity index (χ0n) is 11.2. The molecule has 0 bridgehead atoms. The van der Waals surface area contributed by atoms with Crippen molar-refractivity contribution in [3.63, 3.8) is 0 Å². The van der Waals surface area contributed by atoms with E-state index in [0.717, 1.165) is 16.9 Å². The van der Waals surface area contributed by atoms with Crippen LogP contribution in [0.15, 0.2) is 33.0 Å². The minimum Gasteiger partial charge on any atom is -0.478 e. The molecule has 0 radical (unpaired) electrons. The van der Waals surface area contributed by atoms with Crippen molar-refractivity contribution in [2.24, 2.45) is 0 Å². The monoisotopic (exact) mass is 293 g/mol. The number of nitrogens with zero attached hydrogens (tertiary/aromatic N) is 2. The lowest BCUT2D eigenvalue weighted by Gasteiger charge is -2.07. The molecule has 1 aromatic heterocycles. The van der Waals surface area contributed by atoms with E-state index in [2.05, 4.69) is 10.2 Å². The molecule has 0 aliphatic rings. The number of aromatic carboxylic acids is 1. The molecule has 2 N–H and O–H groups in total. The Labute approximate surface area is 119 Å². The maximum absolute atomic E-state index is 11.6. The summed E-state index contributed by atoms with van der Waals surface area (Å²) in [5.41, 5.74) is 0.863. The molecule has 0 saturated heterocycles. The van der Waals surface area contributed by atoms with Crippen molar-refractivity contribution in [3.8, 4) is 0 Å². The van der Waals surface area contributed by atoms with Gasteiger partial charge in [-0.05, 0) is 48.9 Å². The van der Waals surface area contributed by atoms with E-state index in [4.69, 9.17) is 5.11 Å². The van der Waals surface area contributed by atoms with Gasteiger partial charge in [0.05, 0.1) is 5.56 Å². The molecule has 2 aromatic rings. The van der Waals surface area contributed by atoms with Crippen molar-refractivity contribution >= 4 is 17.7 Å². The largest absolute Gasteiger partial charge is 0.478 e. The predicted molar refractivity (Wildman–Crippen MR) is 75.4 cm³/mol. The number of aryl methyl sites for hydroxylation is 1. The third kappa shape index (κ3) is 2.93. The molecule has 0 fully saturated rings. The van der Waals surface area contributed by atoms with Crippen LogP contribution in [0.1, 0.15) is 29.3 Å². The topological polar surface area (TPSA) is 88.0 Å². The number of carboxylic acid groups (broad SMARTS) is 1. The highest BCUT2D eigenvalue weighted by molar-refractivity contribution is 7.99. The number of rotatable bonds is 5. The fourth-order valence-electron chi connectivity index (χ4n) is 1.80. The van der Waals surface area contributed by atoms with Crippen LogP contribution in [0.3, 0.4) is 0 Å². The zero-order valence-corrected chi connectivity index (χ0v) is 12.0. The summed E-state index contributed by atoms with van der Waals surface area (Å²) in [4.78, 5) is 23.4. The van der Waals surface area contributed by atoms with E-state index in [0.29, 0.717) is 11.7 Å². The quantitative estimate of drug-likeness (QED) is 0.881. The summed E-state index contributed by atoms with van der Waals surface area (Å²) in [5.74, 6) is -0.952. The first-order valence-corrected chi connectivity index (χ1v) is 7.01. The normalized spacial score (nSPS) is 10.7. The summed E-state index contributed by atoms with van der Waals surface area (Å²) in [6.07, 6.45) is 0.837. The summed E-state index contributed by atoms with van der Waals surface area (Å²) in [5, 5.41) is 16.0. The van der Waals surface area contributed by atoms with Crippen LogP contribution >= 0.6 is 11.8 Å². The maximum Gasteiger partial charge on any atom is 0.343 e. The van der Waals surface area contributed by atoms with Gasteiger partial charge in [0.25, 0.3) is 0 Å². The molecule has 0 aliphatic carbocycles. The number of carbonyl (C=O) groups is 1. The number of H-pyrrole nitrogens is 1. The molecule has 0 atom stereocenters. The number of hydrogen-bond acceptors (Lipinski definition) is 4. The number of hydrogen-bond donors (Lipinski definition) is 2. The first kappa shape index (κ1) is 14.4. The molecule has 1 aromatic carbocycles. The van der Waals surface area contributed by atoms with Gasteiger partial charge in [0.1, 0.15) is 0 Å². The van der Waals surface area contributed by atoms with Crippen LogP contribution in [-0.4, -0.2) is 25.8 Å². The summed E-state index contributed by atoms with van der Waals surface area (Å²) in [6.45, 7) is 4.43. The Hall–Kier alpha value is -2.02. The Morgan fingerprint density at radius 3 is 2.85 bits per heavy atom. The fourth-order valence-corrected chi connectivity index (χ4v) is 2.73. The van der Waals surface area contributed by atoms with Gasteiger partial charge < -0.3 is 5.11 Å². The Morgan fingerprint density at radius 1 is 1.50 bits per heavy atom. The molecule has 0 saturated carbocycles. The van der Waals surface area contributed by atoms with Crippen molar-refractivity contribution in [1.29, 1.82) is 0 Å². The molecule has 20 heavy (non-hydrogen) atoms. The van der Waals surface area contributed by atoms with E-state index in [1.807, 2.05) is 13.8 Å². The van der Waals surface area contributed by atoms with Crippen LogP contribution in [0.2, 0.25) is 0 Å². The zero-order chi connectivity index (χ0) is 14.7. The standard InChI is InChI=1S/C13H15N3O3S/c1-3-6-16-12(19)14-15-13(16)20-10-5-4-9(11(17)18)7-8(10)2/h4-5,7H,3,6H2,1-2H3,(H,14,19)(H,17,18). The smallest absolute Gasteiger partial charge is 0.343 e. The van der Waals surface area contributed by atoms with Gasteiger partial charge in [-0.3, -0.25) is 4.57 Å². The van der Waals surface area contributed by atoms with Gasteiger partial charge in [-0.15, -0.1) is 5.10 Å². The van der Waals surface area contributed by atoms with Gasteiger partial charge in [-0.2, -0.15) is 0 Å². The lowest BCUT2D eigenvalue weighted by molar-refractivity contribution is 0.0696. The molecule has 6 nitrogen and oxygen atoms in total. The van der Waals surface area contributed by atoms with Crippen molar-refractivity contribution < 1.29 is 9.90 Å². The molecule has 0 amide bonds. The minimum atomic E-state index is -0.952. The first-order chi connectivity index (χ1) is 9.52. The van der Waals surface area contributed by atoms with Crippen LogP contribution in [-0.2, 0) is 6.54 Å². The van der Waals surface area contributed by atoms with Crippen LogP contribution in [0.4, 0.5) is 0 Å². The van der Waals surface area contributed by atoms with Crippen LogP contribution in [0, 0.1) is 6.92 Å². The van der Waals surface area contributed by atoms with E-state index in [1.165, 1.54) is 11.8 Å². The fraction of sp³-hybridized carbons (Fsp3) is 0.308. The average Bonchev–Trinajstić information content (AvgIpc) is 2.74. The molecule has 106 valence electrons. The van der Waals surface area contributed by atoms with Crippen molar-refractivity contribution in [3.05, 3.63) is 39.8 Å². The van der Waals surface area contributed by atoms with Crippen molar-refractivity contribution in [2.75, 3.05) is 0 Å². The summed E-state index contributed by atoms with van der Waals surface area (Å²) in [6, 6.07) is 4.89. The van der Waals surface area contributed by atoms with Gasteiger partial charge in [0, 0.05) is 11.4 Å². The number of aromatic nitrogens is 3. The minimum absolute atomic E-state index is 0.228. The predicted octanol–water partition coefficient (Wildman–Crippen LogP) is 2.14. The summed E-state index contributed by atoms with van der Waals surface area (Å²) in [7, 11) is 0. The second kappa shape index (κ2) is 5.96. The molecule has 0 aliphatic heterocycles. The number of carboxylic acids is 1. The average molecular weight is 293 g/mol. The highest BCUT2D eigenvalue weighted by atomic mass is 32.2. The van der Waals surface area contributed by atoms with E-state index in [9.17, 15) is 9.59 Å². The molecule has 7 heteroatoms. The van der Waals surface area contributed by atoms with Gasteiger partial charge in [0.15, 0.2) is 5.16 Å². The third-order valence-electron chi connectivity index (χ3n) is 2.79. The van der Waals surface area contributed by atoms with Crippen LogP contribution < -0.4 is 5.69 Å². The molecule has 1 heterocycles. The molecule has 0 spiro atoms. The Bertz CT molecular complexity index is 690. The third-order valence-corrected chi connectivity index (χ3v) is 3.97. The molecular weight excluding hydrogens is 278 g/mol. The SMILES string of the molecule is CCCn1c(Sc2ccc(C(=O)O)cc2C)n[nH]c1=O. The van der Waals surface area contributed by atoms with E-state index in [-0.39, 0.29) is 11.3 Å². The number of nitrogens with one attached hydrogen (secondary N) is 1. The Kier molecular flexibility index (Phi) is 4.29. The van der Waals surface area contributed by atoms with Crippen molar-refractivity contribution in [1.82, 2.24) is 14.8 Å². The molecule has 0 unspecified atom stereocenters. The van der Waals surface area contributed by atoms with Gasteiger partial charge in [0.2, 0.25) is 0 Å². The van der Waals surface area contributed by atoms with Crippen LogP contribution in [0.25, 0.3) is 0 Å². The lowest BCUT2D eigenvalue weighted by atomic mass is 10.1. The van der Waals surface area contributed by atoms with Crippen LogP contribution in [0.5, 0.6) is 0 Å². The van der Waals surface area contributed by atoms with Crippen molar-refractivity contribution in [2.45, 2.75) is 36.9 Å². The van der Waals surface area contributed by atoms with E-state index in [1.54, 1.807) is 22.8 Å². The summed E-state index contributed by atoms with van der Waals surface area (Å²) >= 11 is 1.35. The second-order valence-electron chi connectivity index (χ2n) is 4.35. The lowest BCUT2D eigenvalue weighted by Crippen LogP contribution is -2.17. The van der Waals surface area contributed by atoms with E-state index >= 15 is 0 Å². The van der Waals surface area contributed by atoms with E-state index < -0.39 is 5.97 Å². The highest BCUT2D eigenvalue weighted by Crippen LogP contribution is 2.28. The number of benzene rings is 1. The van der Waals surface area contributed by atoms with Gasteiger partial charge in [-0.25, -0.2) is 14.7 Å². The Morgan fingerprint density at radius 2 is 2.25 bits per heavy atom. The summed E-state index contributed by atoms with van der Waals surface area (Å²) < 4.78 is 1.58. The maximum atomic E-state index is 11.6. The first-order valence-electron chi connectivity index (χ1n) is 6.20.